The van der Waals surface area contributed by atoms with Crippen molar-refractivity contribution in [2.75, 3.05) is 12.5 Å². The molecule has 0 aliphatic rings. The number of para-hydroxylation sites is 1. The van der Waals surface area contributed by atoms with E-state index in [0.29, 0.717) is 34.7 Å². The average molecular weight is 354 g/mol. The molecule has 2 aromatic carbocycles. The number of hydrogen-bond donors (Lipinski definition) is 1. The first-order valence-electron chi connectivity index (χ1n) is 8.19. The molecule has 0 aliphatic heterocycles. The topological polar surface area (TPSA) is 68.5 Å². The molecule has 1 N–H and O–H groups in total. The number of nitrogens with one attached hydrogen (secondary N) is 1. The minimum absolute atomic E-state index is 0.135. The lowest BCUT2D eigenvalue weighted by Gasteiger charge is -2.11. The molecular formula is C19H19FN4O2. The van der Waals surface area contributed by atoms with Gasteiger partial charge in [-0.3, -0.25) is 9.36 Å². The normalized spacial score (nSPS) is 11.6. The van der Waals surface area contributed by atoms with Crippen molar-refractivity contribution in [3.05, 3.63) is 64.2 Å². The first kappa shape index (κ1) is 17.6. The van der Waals surface area contributed by atoms with Crippen LogP contribution in [0.3, 0.4) is 0 Å². The molecule has 6 nitrogen and oxygen atoms in total. The monoisotopic (exact) mass is 354 g/mol. The van der Waals surface area contributed by atoms with Gasteiger partial charge in [0.2, 0.25) is 5.95 Å². The largest absolute Gasteiger partial charge is 0.494 e. The second kappa shape index (κ2) is 7.35. The molecular weight excluding hydrogens is 335 g/mol. The molecule has 0 fully saturated rings. The first-order chi connectivity index (χ1) is 12.5. The van der Waals surface area contributed by atoms with Crippen LogP contribution in [-0.2, 0) is 6.54 Å². The van der Waals surface area contributed by atoms with Gasteiger partial charge in [0.15, 0.2) is 11.6 Å². The molecule has 1 heterocycles. The van der Waals surface area contributed by atoms with Crippen LogP contribution in [0.25, 0.3) is 10.9 Å². The number of hydrazone groups is 1. The lowest BCUT2D eigenvalue weighted by molar-refractivity contribution is 0.386. The number of ether oxygens (including phenoxy) is 1. The standard InChI is InChI=1S/C19H19FN4O2/c1-4-24-18(25)14-7-5-6-8-16(14)21-19(24)23-22-12(2)13-9-10-17(26-3)15(20)11-13/h5-11H,4H2,1-3H3,(H,21,23)/b22-12-. The SMILES string of the molecule is CCn1c(N/N=C(/C)c2ccc(OC)c(F)c2)nc2ccccc2c1=O. The predicted molar refractivity (Wildman–Crippen MR) is 100 cm³/mol. The van der Waals surface area contributed by atoms with E-state index < -0.39 is 5.82 Å². The first-order valence-corrected chi connectivity index (χ1v) is 8.19. The zero-order valence-corrected chi connectivity index (χ0v) is 14.8. The van der Waals surface area contributed by atoms with Crippen LogP contribution in [0.1, 0.15) is 19.4 Å². The van der Waals surface area contributed by atoms with Crippen molar-refractivity contribution in [1.82, 2.24) is 9.55 Å². The Labute approximate surface area is 150 Å². The zero-order valence-electron chi connectivity index (χ0n) is 14.8. The maximum atomic E-state index is 13.9. The van der Waals surface area contributed by atoms with Gasteiger partial charge in [0, 0.05) is 12.1 Å². The van der Waals surface area contributed by atoms with Gasteiger partial charge in [-0.2, -0.15) is 5.10 Å². The minimum Gasteiger partial charge on any atom is -0.494 e. The van der Waals surface area contributed by atoms with Crippen LogP contribution < -0.4 is 15.7 Å². The summed E-state index contributed by atoms with van der Waals surface area (Å²) in [5.74, 6) is 0.0453. The summed E-state index contributed by atoms with van der Waals surface area (Å²) in [6.45, 7) is 4.05. The highest BCUT2D eigenvalue weighted by Crippen LogP contribution is 2.18. The van der Waals surface area contributed by atoms with Crippen molar-refractivity contribution in [2.24, 2.45) is 5.10 Å². The number of hydrogen-bond acceptors (Lipinski definition) is 5. The molecule has 134 valence electrons. The van der Waals surface area contributed by atoms with Crippen LogP contribution in [0.15, 0.2) is 52.4 Å². The number of halogens is 1. The molecule has 0 saturated carbocycles. The van der Waals surface area contributed by atoms with Gasteiger partial charge in [-0.1, -0.05) is 12.1 Å². The minimum atomic E-state index is -0.464. The van der Waals surface area contributed by atoms with E-state index in [0.717, 1.165) is 0 Å². The summed E-state index contributed by atoms with van der Waals surface area (Å²) >= 11 is 0. The quantitative estimate of drug-likeness (QED) is 0.563. The Morgan fingerprint density at radius 1 is 1.31 bits per heavy atom. The molecule has 1 aromatic heterocycles. The molecule has 0 aliphatic carbocycles. The third kappa shape index (κ3) is 3.28. The highest BCUT2D eigenvalue weighted by Gasteiger charge is 2.10. The van der Waals surface area contributed by atoms with Gasteiger partial charge in [-0.05, 0) is 44.2 Å². The van der Waals surface area contributed by atoms with Gasteiger partial charge in [0.1, 0.15) is 0 Å². The van der Waals surface area contributed by atoms with Crippen LogP contribution in [0.2, 0.25) is 0 Å². The number of rotatable bonds is 5. The maximum Gasteiger partial charge on any atom is 0.262 e. The molecule has 0 amide bonds. The molecule has 0 saturated heterocycles. The van der Waals surface area contributed by atoms with Crippen LogP contribution in [0.4, 0.5) is 10.3 Å². The van der Waals surface area contributed by atoms with Gasteiger partial charge in [-0.15, -0.1) is 0 Å². The van der Waals surface area contributed by atoms with Crippen LogP contribution >= 0.6 is 0 Å². The lowest BCUT2D eigenvalue weighted by Crippen LogP contribution is -2.23. The van der Waals surface area contributed by atoms with Crippen LogP contribution in [0, 0.1) is 5.82 Å². The lowest BCUT2D eigenvalue weighted by atomic mass is 10.1. The van der Waals surface area contributed by atoms with Crippen LogP contribution in [-0.4, -0.2) is 22.4 Å². The number of fused-ring (bicyclic) bond motifs is 1. The van der Waals surface area contributed by atoms with Crippen molar-refractivity contribution in [1.29, 1.82) is 0 Å². The van der Waals surface area contributed by atoms with E-state index in [-0.39, 0.29) is 11.3 Å². The molecule has 3 rings (SSSR count). The predicted octanol–water partition coefficient (Wildman–Crippen LogP) is 3.40. The Bertz CT molecular complexity index is 1040. The second-order valence-corrected chi connectivity index (χ2v) is 5.66. The Morgan fingerprint density at radius 2 is 2.08 bits per heavy atom. The van der Waals surface area contributed by atoms with Crippen LogP contribution in [0.5, 0.6) is 5.75 Å². The van der Waals surface area contributed by atoms with Crippen molar-refractivity contribution >= 4 is 22.6 Å². The molecule has 0 atom stereocenters. The Morgan fingerprint density at radius 3 is 2.77 bits per heavy atom. The van der Waals surface area contributed by atoms with E-state index in [1.807, 2.05) is 13.0 Å². The van der Waals surface area contributed by atoms with Crippen molar-refractivity contribution in [3.63, 3.8) is 0 Å². The van der Waals surface area contributed by atoms with E-state index in [2.05, 4.69) is 15.5 Å². The fraction of sp³-hybridized carbons (Fsp3) is 0.211. The van der Waals surface area contributed by atoms with Gasteiger partial charge < -0.3 is 4.74 Å². The number of aromatic nitrogens is 2. The van der Waals surface area contributed by atoms with E-state index in [1.165, 1.54) is 17.7 Å². The van der Waals surface area contributed by atoms with Gasteiger partial charge >= 0.3 is 0 Å². The van der Waals surface area contributed by atoms with E-state index >= 15 is 0 Å². The Balaban J connectivity index is 1.97. The second-order valence-electron chi connectivity index (χ2n) is 5.66. The van der Waals surface area contributed by atoms with Gasteiger partial charge in [0.25, 0.3) is 5.56 Å². The third-order valence-electron chi connectivity index (χ3n) is 4.07. The Kier molecular flexibility index (Phi) is 4.97. The van der Waals surface area contributed by atoms with Crippen molar-refractivity contribution < 1.29 is 9.13 Å². The maximum absolute atomic E-state index is 13.9. The summed E-state index contributed by atoms with van der Waals surface area (Å²) in [7, 11) is 1.41. The van der Waals surface area contributed by atoms with Gasteiger partial charge in [0.05, 0.1) is 23.7 Å². The van der Waals surface area contributed by atoms with Crippen molar-refractivity contribution in [2.45, 2.75) is 20.4 Å². The highest BCUT2D eigenvalue weighted by atomic mass is 19.1. The Hall–Kier alpha value is -3.22. The average Bonchev–Trinajstić information content (AvgIpc) is 2.66. The van der Waals surface area contributed by atoms with Gasteiger partial charge in [-0.25, -0.2) is 14.8 Å². The smallest absolute Gasteiger partial charge is 0.262 e. The molecule has 7 heteroatoms. The van der Waals surface area contributed by atoms with E-state index in [9.17, 15) is 9.18 Å². The summed E-state index contributed by atoms with van der Waals surface area (Å²) in [6, 6.07) is 11.7. The summed E-state index contributed by atoms with van der Waals surface area (Å²) in [5.41, 5.74) is 4.44. The van der Waals surface area contributed by atoms with E-state index in [4.69, 9.17) is 4.74 Å². The molecule has 3 aromatic rings. The summed E-state index contributed by atoms with van der Waals surface area (Å²) < 4.78 is 20.3. The van der Waals surface area contributed by atoms with E-state index in [1.54, 1.807) is 37.3 Å². The zero-order chi connectivity index (χ0) is 18.7. The molecule has 0 bridgehead atoms. The fourth-order valence-corrected chi connectivity index (χ4v) is 2.64. The number of nitrogens with zero attached hydrogens (tertiary/aromatic N) is 3. The molecule has 0 spiro atoms. The fourth-order valence-electron chi connectivity index (χ4n) is 2.64. The molecule has 26 heavy (non-hydrogen) atoms. The number of benzene rings is 2. The highest BCUT2D eigenvalue weighted by molar-refractivity contribution is 5.99. The number of anilines is 1. The summed E-state index contributed by atoms with van der Waals surface area (Å²) in [5, 5.41) is 4.81. The molecule has 0 unspecified atom stereocenters. The molecule has 0 radical (unpaired) electrons. The number of methoxy groups -OCH3 is 1. The van der Waals surface area contributed by atoms with Crippen molar-refractivity contribution in [3.8, 4) is 5.75 Å². The summed E-state index contributed by atoms with van der Waals surface area (Å²) in [6.07, 6.45) is 0. The summed E-state index contributed by atoms with van der Waals surface area (Å²) in [4.78, 5) is 17.0. The third-order valence-corrected chi connectivity index (χ3v) is 4.07.